The molecule has 4 nitrogen and oxygen atoms in total. The second kappa shape index (κ2) is 7.38. The van der Waals surface area contributed by atoms with E-state index in [4.69, 9.17) is 0 Å². The molecule has 0 bridgehead atoms. The van der Waals surface area contributed by atoms with E-state index in [2.05, 4.69) is 63.3 Å². The van der Waals surface area contributed by atoms with Crippen LogP contribution >= 0.6 is 0 Å². The Labute approximate surface area is 160 Å². The number of aromatic nitrogens is 1. The van der Waals surface area contributed by atoms with Crippen LogP contribution in [-0.2, 0) is 6.54 Å². The van der Waals surface area contributed by atoms with E-state index in [0.29, 0.717) is 5.56 Å². The topological polar surface area (TPSA) is 43.2 Å². The van der Waals surface area contributed by atoms with E-state index in [1.54, 1.807) is 0 Å². The molecular weight excluding hydrogens is 332 g/mol. The first-order valence-corrected chi connectivity index (χ1v) is 9.48. The van der Waals surface area contributed by atoms with Crippen molar-refractivity contribution in [2.24, 2.45) is 0 Å². The summed E-state index contributed by atoms with van der Waals surface area (Å²) in [5.41, 5.74) is 4.07. The molecule has 0 saturated carbocycles. The Morgan fingerprint density at radius 1 is 1.00 bits per heavy atom. The average Bonchev–Trinajstić information content (AvgIpc) is 2.68. The van der Waals surface area contributed by atoms with Crippen LogP contribution in [0.5, 0.6) is 0 Å². The van der Waals surface area contributed by atoms with Crippen LogP contribution in [0.4, 0.5) is 5.82 Å². The molecule has 4 rings (SSSR count). The summed E-state index contributed by atoms with van der Waals surface area (Å²) in [4.78, 5) is 9.42. The maximum atomic E-state index is 9.54. The molecule has 1 aromatic heterocycles. The molecular formula is C23H24N4. The summed E-state index contributed by atoms with van der Waals surface area (Å²) >= 11 is 0. The Morgan fingerprint density at radius 3 is 2.52 bits per heavy atom. The lowest BCUT2D eigenvalue weighted by molar-refractivity contribution is 0.250. The van der Waals surface area contributed by atoms with Gasteiger partial charge in [0.05, 0.1) is 5.56 Å². The van der Waals surface area contributed by atoms with Gasteiger partial charge in [0.1, 0.15) is 11.9 Å². The van der Waals surface area contributed by atoms with Crippen LogP contribution in [0, 0.1) is 25.2 Å². The highest BCUT2D eigenvalue weighted by Crippen LogP contribution is 2.24. The Kier molecular flexibility index (Phi) is 4.79. The molecule has 0 radical (unpaired) electrons. The monoisotopic (exact) mass is 356 g/mol. The first kappa shape index (κ1) is 17.5. The molecule has 1 aliphatic rings. The van der Waals surface area contributed by atoms with E-state index in [1.165, 1.54) is 16.3 Å². The number of aryl methyl sites for hydroxylation is 2. The number of anilines is 1. The third kappa shape index (κ3) is 3.51. The van der Waals surface area contributed by atoms with Crippen molar-refractivity contribution in [1.82, 2.24) is 9.88 Å². The number of fused-ring (bicyclic) bond motifs is 1. The lowest BCUT2D eigenvalue weighted by Gasteiger charge is -2.36. The van der Waals surface area contributed by atoms with Gasteiger partial charge in [-0.15, -0.1) is 0 Å². The molecule has 1 saturated heterocycles. The lowest BCUT2D eigenvalue weighted by atomic mass is 10.0. The number of nitriles is 1. The zero-order valence-electron chi connectivity index (χ0n) is 15.9. The van der Waals surface area contributed by atoms with Gasteiger partial charge in [0.15, 0.2) is 0 Å². The zero-order chi connectivity index (χ0) is 18.8. The van der Waals surface area contributed by atoms with Crippen LogP contribution in [0.15, 0.2) is 48.5 Å². The Bertz CT molecular complexity index is 1010. The summed E-state index contributed by atoms with van der Waals surface area (Å²) in [6.07, 6.45) is 0. The van der Waals surface area contributed by atoms with Crippen LogP contribution in [0.1, 0.15) is 22.4 Å². The largest absolute Gasteiger partial charge is 0.353 e. The maximum Gasteiger partial charge on any atom is 0.147 e. The number of nitrogens with zero attached hydrogens (tertiary/aromatic N) is 4. The molecule has 2 heterocycles. The predicted octanol–water partition coefficient (Wildman–Crippen LogP) is 4.05. The van der Waals surface area contributed by atoms with Gasteiger partial charge in [-0.25, -0.2) is 4.98 Å². The van der Waals surface area contributed by atoms with Crippen molar-refractivity contribution < 1.29 is 0 Å². The minimum atomic E-state index is 0.711. The van der Waals surface area contributed by atoms with E-state index in [0.717, 1.165) is 49.8 Å². The van der Waals surface area contributed by atoms with Gasteiger partial charge in [-0.05, 0) is 41.8 Å². The fourth-order valence-electron chi connectivity index (χ4n) is 3.97. The number of hydrogen-bond donors (Lipinski definition) is 0. The molecule has 0 spiro atoms. The number of rotatable bonds is 3. The van der Waals surface area contributed by atoms with Crippen molar-refractivity contribution >= 4 is 16.6 Å². The second-order valence-electron chi connectivity index (χ2n) is 7.29. The fourth-order valence-corrected chi connectivity index (χ4v) is 3.97. The summed E-state index contributed by atoms with van der Waals surface area (Å²) in [6, 6.07) is 19.5. The smallest absolute Gasteiger partial charge is 0.147 e. The highest BCUT2D eigenvalue weighted by atomic mass is 15.3. The fraction of sp³-hybridized carbons (Fsp3) is 0.304. The normalized spacial score (nSPS) is 15.1. The zero-order valence-corrected chi connectivity index (χ0v) is 15.9. The van der Waals surface area contributed by atoms with Crippen molar-refractivity contribution in [3.63, 3.8) is 0 Å². The number of pyridine rings is 1. The first-order valence-electron chi connectivity index (χ1n) is 9.48. The highest BCUT2D eigenvalue weighted by Gasteiger charge is 2.22. The Balaban J connectivity index is 1.49. The summed E-state index contributed by atoms with van der Waals surface area (Å²) in [5.74, 6) is 0.847. The third-order valence-corrected chi connectivity index (χ3v) is 5.38. The summed E-state index contributed by atoms with van der Waals surface area (Å²) in [7, 11) is 0. The van der Waals surface area contributed by atoms with Gasteiger partial charge in [-0.2, -0.15) is 5.26 Å². The molecule has 27 heavy (non-hydrogen) atoms. The van der Waals surface area contributed by atoms with Crippen molar-refractivity contribution in [3.8, 4) is 6.07 Å². The predicted molar refractivity (Wildman–Crippen MR) is 110 cm³/mol. The van der Waals surface area contributed by atoms with Crippen LogP contribution in [0.25, 0.3) is 10.8 Å². The first-order chi connectivity index (χ1) is 13.2. The number of hydrogen-bond acceptors (Lipinski definition) is 4. The lowest BCUT2D eigenvalue weighted by Crippen LogP contribution is -2.46. The van der Waals surface area contributed by atoms with Gasteiger partial charge in [0.2, 0.25) is 0 Å². The van der Waals surface area contributed by atoms with Crippen LogP contribution in [-0.4, -0.2) is 36.1 Å². The highest BCUT2D eigenvalue weighted by molar-refractivity contribution is 5.85. The standard InChI is InChI=1S/C23H24N4/c1-17-14-18(2)25-23(22(17)15-24)27-12-10-26(11-13-27)16-20-8-5-7-19-6-3-4-9-21(19)20/h3-9,14H,10-13,16H2,1-2H3. The molecule has 3 aromatic rings. The molecule has 1 fully saturated rings. The minimum Gasteiger partial charge on any atom is -0.353 e. The molecule has 0 unspecified atom stereocenters. The summed E-state index contributed by atoms with van der Waals surface area (Å²) < 4.78 is 0. The van der Waals surface area contributed by atoms with Crippen molar-refractivity contribution in [2.75, 3.05) is 31.1 Å². The molecule has 0 atom stereocenters. The van der Waals surface area contributed by atoms with E-state index in [-0.39, 0.29) is 0 Å². The molecule has 1 aliphatic heterocycles. The molecule has 4 heteroatoms. The molecule has 0 amide bonds. The maximum absolute atomic E-state index is 9.54. The summed E-state index contributed by atoms with van der Waals surface area (Å²) in [5, 5.41) is 12.2. The van der Waals surface area contributed by atoms with Gasteiger partial charge in [-0.3, -0.25) is 4.90 Å². The van der Waals surface area contributed by atoms with E-state index in [9.17, 15) is 5.26 Å². The molecule has 136 valence electrons. The molecule has 2 aromatic carbocycles. The van der Waals surface area contributed by atoms with Crippen molar-refractivity contribution in [2.45, 2.75) is 20.4 Å². The van der Waals surface area contributed by atoms with E-state index < -0.39 is 0 Å². The van der Waals surface area contributed by atoms with Crippen molar-refractivity contribution in [1.29, 1.82) is 5.26 Å². The van der Waals surface area contributed by atoms with Gasteiger partial charge in [0.25, 0.3) is 0 Å². The number of benzene rings is 2. The Hall–Kier alpha value is -2.90. The van der Waals surface area contributed by atoms with E-state index in [1.807, 2.05) is 19.9 Å². The second-order valence-corrected chi connectivity index (χ2v) is 7.29. The quantitative estimate of drug-likeness (QED) is 0.710. The van der Waals surface area contributed by atoms with Gasteiger partial charge in [-0.1, -0.05) is 42.5 Å². The van der Waals surface area contributed by atoms with Gasteiger partial charge < -0.3 is 4.90 Å². The van der Waals surface area contributed by atoms with Crippen molar-refractivity contribution in [3.05, 3.63) is 70.9 Å². The van der Waals surface area contributed by atoms with Gasteiger partial charge in [0, 0.05) is 38.4 Å². The summed E-state index contributed by atoms with van der Waals surface area (Å²) in [6.45, 7) is 8.69. The van der Waals surface area contributed by atoms with Crippen LogP contribution in [0.3, 0.4) is 0 Å². The number of piperazine rings is 1. The Morgan fingerprint density at radius 2 is 1.74 bits per heavy atom. The SMILES string of the molecule is Cc1cc(C)c(C#N)c(N2CCN(Cc3cccc4ccccc34)CC2)n1. The van der Waals surface area contributed by atoms with E-state index >= 15 is 0 Å². The third-order valence-electron chi connectivity index (χ3n) is 5.38. The van der Waals surface area contributed by atoms with Crippen LogP contribution < -0.4 is 4.90 Å². The van der Waals surface area contributed by atoms with Crippen LogP contribution in [0.2, 0.25) is 0 Å². The van der Waals surface area contributed by atoms with Gasteiger partial charge >= 0.3 is 0 Å². The molecule has 0 N–H and O–H groups in total. The minimum absolute atomic E-state index is 0.711. The molecule has 0 aliphatic carbocycles. The average molecular weight is 356 g/mol.